The van der Waals surface area contributed by atoms with E-state index >= 15 is 0 Å². The van der Waals surface area contributed by atoms with Gasteiger partial charge in [-0.15, -0.1) is 0 Å². The lowest BCUT2D eigenvalue weighted by Gasteiger charge is -2.17. The highest BCUT2D eigenvalue weighted by molar-refractivity contribution is 6.37. The van der Waals surface area contributed by atoms with Crippen molar-refractivity contribution in [2.75, 3.05) is 35.2 Å². The number of hydrogen-bond donors (Lipinski definition) is 3. The van der Waals surface area contributed by atoms with E-state index in [0.717, 1.165) is 29.9 Å². The van der Waals surface area contributed by atoms with Crippen LogP contribution in [0.5, 0.6) is 0 Å². The van der Waals surface area contributed by atoms with Crippen molar-refractivity contribution in [2.45, 2.75) is 13.5 Å². The molecule has 3 aromatic rings. The molecule has 2 aliphatic rings. The van der Waals surface area contributed by atoms with Gasteiger partial charge in [-0.3, -0.25) is 9.69 Å². The maximum atomic E-state index is 13.8. The lowest BCUT2D eigenvalue weighted by molar-refractivity contribution is -0.110. The number of cyclic esters (lactones) is 1. The Morgan fingerprint density at radius 2 is 1.83 bits per heavy atom. The predicted molar refractivity (Wildman–Crippen MR) is 134 cm³/mol. The Labute approximate surface area is 202 Å². The van der Waals surface area contributed by atoms with E-state index in [2.05, 4.69) is 22.9 Å². The lowest BCUT2D eigenvalue weighted by Crippen LogP contribution is -2.23. The second kappa shape index (κ2) is 9.60. The molecule has 0 unspecified atom stereocenters. The van der Waals surface area contributed by atoms with E-state index < -0.39 is 5.82 Å². The van der Waals surface area contributed by atoms with Crippen molar-refractivity contribution in [3.63, 3.8) is 0 Å². The zero-order valence-corrected chi connectivity index (χ0v) is 19.2. The number of carbonyl (C=O) groups is 2. The summed E-state index contributed by atoms with van der Waals surface area (Å²) in [5, 5.41) is 9.47. The van der Waals surface area contributed by atoms with E-state index in [1.807, 2.05) is 48.5 Å². The van der Waals surface area contributed by atoms with Gasteiger partial charge < -0.3 is 20.7 Å². The van der Waals surface area contributed by atoms with Crippen LogP contribution in [-0.4, -0.2) is 31.7 Å². The van der Waals surface area contributed by atoms with E-state index in [1.54, 1.807) is 11.0 Å². The molecule has 0 radical (unpaired) electrons. The number of fused-ring (bicyclic) bond motifs is 1. The number of nitrogens with zero attached hydrogens (tertiary/aromatic N) is 1. The summed E-state index contributed by atoms with van der Waals surface area (Å²) in [4.78, 5) is 26.5. The Kier molecular flexibility index (Phi) is 6.20. The molecular formula is C27H25FN4O3. The molecule has 5 rings (SSSR count). The van der Waals surface area contributed by atoms with Gasteiger partial charge in [0.2, 0.25) is 0 Å². The molecule has 8 heteroatoms. The Balaban J connectivity index is 1.54. The first-order valence-electron chi connectivity index (χ1n) is 11.5. The monoisotopic (exact) mass is 472 g/mol. The number of benzene rings is 3. The maximum absolute atomic E-state index is 13.8. The standard InChI is InChI=1S/C27H25FN4O3/c1-2-29-16-17-3-8-20(9-4-17)30-25(24-22-12-7-19(28)15-23(22)31-26(24)33)18-5-10-21(11-6-18)32-13-14-35-27(32)34/h3-12,15,29-30H,2,13-14,16H2,1H3,(H,31,33)/b25-24-. The molecule has 0 saturated carbocycles. The smallest absolute Gasteiger partial charge is 0.414 e. The van der Waals surface area contributed by atoms with Crippen molar-refractivity contribution in [2.24, 2.45) is 0 Å². The van der Waals surface area contributed by atoms with Crippen molar-refractivity contribution in [3.8, 4) is 0 Å². The summed E-state index contributed by atoms with van der Waals surface area (Å²) >= 11 is 0. The van der Waals surface area contributed by atoms with Gasteiger partial charge in [-0.1, -0.05) is 31.2 Å². The molecule has 0 aliphatic carbocycles. The topological polar surface area (TPSA) is 82.7 Å². The van der Waals surface area contributed by atoms with Gasteiger partial charge >= 0.3 is 6.09 Å². The van der Waals surface area contributed by atoms with Gasteiger partial charge in [-0.25, -0.2) is 9.18 Å². The van der Waals surface area contributed by atoms with Crippen LogP contribution in [-0.2, 0) is 16.1 Å². The van der Waals surface area contributed by atoms with E-state index in [1.165, 1.54) is 12.1 Å². The Hall–Kier alpha value is -4.17. The molecule has 35 heavy (non-hydrogen) atoms. The predicted octanol–water partition coefficient (Wildman–Crippen LogP) is 4.82. The number of rotatable bonds is 7. The van der Waals surface area contributed by atoms with Gasteiger partial charge in [0.05, 0.1) is 23.5 Å². The van der Waals surface area contributed by atoms with Crippen molar-refractivity contribution in [3.05, 3.63) is 89.2 Å². The minimum absolute atomic E-state index is 0.316. The van der Waals surface area contributed by atoms with Gasteiger partial charge in [-0.05, 0) is 60.1 Å². The van der Waals surface area contributed by atoms with Crippen LogP contribution in [0.3, 0.4) is 0 Å². The Morgan fingerprint density at radius 1 is 1.06 bits per heavy atom. The SMILES string of the molecule is CCNCc1ccc(N/C(=C2\C(=O)Nc3cc(F)ccc32)c2ccc(N3CCOC3=O)cc2)cc1. The summed E-state index contributed by atoms with van der Waals surface area (Å²) in [5.41, 5.74) is 5.48. The van der Waals surface area contributed by atoms with Crippen LogP contribution >= 0.6 is 0 Å². The zero-order chi connectivity index (χ0) is 24.4. The molecule has 0 aromatic heterocycles. The lowest BCUT2D eigenvalue weighted by atomic mass is 9.99. The van der Waals surface area contributed by atoms with Crippen molar-refractivity contribution < 1.29 is 18.7 Å². The molecule has 1 fully saturated rings. The first-order valence-corrected chi connectivity index (χ1v) is 11.5. The molecule has 178 valence electrons. The first kappa shape index (κ1) is 22.6. The number of hydrogen-bond acceptors (Lipinski definition) is 5. The van der Waals surface area contributed by atoms with Crippen LogP contribution in [0, 0.1) is 5.82 Å². The number of ether oxygens (including phenoxy) is 1. The van der Waals surface area contributed by atoms with Gasteiger partial charge in [0.15, 0.2) is 0 Å². The quantitative estimate of drug-likeness (QED) is 0.430. The summed E-state index contributed by atoms with van der Waals surface area (Å²) in [6, 6.07) is 19.6. The largest absolute Gasteiger partial charge is 0.447 e. The van der Waals surface area contributed by atoms with Gasteiger partial charge in [-0.2, -0.15) is 0 Å². The fourth-order valence-corrected chi connectivity index (χ4v) is 4.23. The summed E-state index contributed by atoms with van der Waals surface area (Å²) < 4.78 is 18.8. The van der Waals surface area contributed by atoms with Gasteiger partial charge in [0.1, 0.15) is 12.4 Å². The molecule has 2 heterocycles. The molecule has 7 nitrogen and oxygen atoms in total. The van der Waals surface area contributed by atoms with Crippen LogP contribution in [0.15, 0.2) is 66.7 Å². The molecule has 2 amide bonds. The Bertz CT molecular complexity index is 1300. The molecular weight excluding hydrogens is 447 g/mol. The van der Waals surface area contributed by atoms with Crippen molar-refractivity contribution >= 4 is 40.3 Å². The average molecular weight is 473 g/mol. The van der Waals surface area contributed by atoms with Crippen LogP contribution in [0.2, 0.25) is 0 Å². The minimum atomic E-state index is -0.419. The number of halogens is 1. The van der Waals surface area contributed by atoms with Crippen molar-refractivity contribution in [1.29, 1.82) is 0 Å². The number of amides is 2. The van der Waals surface area contributed by atoms with E-state index in [-0.39, 0.29) is 12.0 Å². The van der Waals surface area contributed by atoms with Crippen LogP contribution in [0.25, 0.3) is 11.3 Å². The number of nitrogens with one attached hydrogen (secondary N) is 3. The molecule has 0 atom stereocenters. The summed E-state index contributed by atoms with van der Waals surface area (Å²) in [6.07, 6.45) is -0.377. The second-order valence-corrected chi connectivity index (χ2v) is 8.31. The third kappa shape index (κ3) is 4.61. The minimum Gasteiger partial charge on any atom is -0.447 e. The number of anilines is 3. The Morgan fingerprint density at radius 3 is 2.51 bits per heavy atom. The average Bonchev–Trinajstić information content (AvgIpc) is 3.43. The number of carbonyl (C=O) groups excluding carboxylic acids is 2. The highest BCUT2D eigenvalue weighted by Gasteiger charge is 2.29. The van der Waals surface area contributed by atoms with Gasteiger partial charge in [0.25, 0.3) is 5.91 Å². The second-order valence-electron chi connectivity index (χ2n) is 8.31. The third-order valence-corrected chi connectivity index (χ3v) is 6.01. The summed E-state index contributed by atoms with van der Waals surface area (Å²) in [7, 11) is 0. The van der Waals surface area contributed by atoms with E-state index in [0.29, 0.717) is 41.4 Å². The van der Waals surface area contributed by atoms with E-state index in [4.69, 9.17) is 4.74 Å². The molecule has 0 bridgehead atoms. The van der Waals surface area contributed by atoms with Crippen LogP contribution in [0.4, 0.5) is 26.2 Å². The van der Waals surface area contributed by atoms with Crippen LogP contribution in [0.1, 0.15) is 23.6 Å². The molecule has 0 spiro atoms. The highest BCUT2D eigenvalue weighted by atomic mass is 19.1. The van der Waals surface area contributed by atoms with E-state index in [9.17, 15) is 14.0 Å². The summed E-state index contributed by atoms with van der Waals surface area (Å²) in [5.74, 6) is -0.734. The first-order chi connectivity index (χ1) is 17.0. The molecule has 1 saturated heterocycles. The molecule has 3 aromatic carbocycles. The third-order valence-electron chi connectivity index (χ3n) is 6.01. The summed E-state index contributed by atoms with van der Waals surface area (Å²) in [6.45, 7) is 4.56. The normalized spacial score (nSPS) is 16.1. The van der Waals surface area contributed by atoms with Crippen molar-refractivity contribution in [1.82, 2.24) is 5.32 Å². The fourth-order valence-electron chi connectivity index (χ4n) is 4.23. The molecule has 3 N–H and O–H groups in total. The fraction of sp³-hybridized carbons (Fsp3) is 0.185. The van der Waals surface area contributed by atoms with Crippen LogP contribution < -0.4 is 20.9 Å². The maximum Gasteiger partial charge on any atom is 0.414 e. The van der Waals surface area contributed by atoms with Gasteiger partial charge in [0, 0.05) is 23.5 Å². The highest BCUT2D eigenvalue weighted by Crippen LogP contribution is 2.38. The molecule has 2 aliphatic heterocycles. The zero-order valence-electron chi connectivity index (χ0n) is 19.2.